The number of primary amides is 1. The van der Waals surface area contributed by atoms with E-state index in [9.17, 15) is 9.90 Å². The van der Waals surface area contributed by atoms with Crippen LogP contribution in [0.2, 0.25) is 0 Å². The van der Waals surface area contributed by atoms with E-state index in [4.69, 9.17) is 10.5 Å². The Morgan fingerprint density at radius 2 is 2.12 bits per heavy atom. The summed E-state index contributed by atoms with van der Waals surface area (Å²) in [5.74, 6) is -0.0906. The van der Waals surface area contributed by atoms with Crippen LogP contribution in [0.5, 0.6) is 5.75 Å². The summed E-state index contributed by atoms with van der Waals surface area (Å²) >= 11 is 3.29. The molecule has 0 saturated heterocycles. The molecule has 0 aliphatic carbocycles. The molecular formula is C11H14BrNO3. The van der Waals surface area contributed by atoms with Crippen LogP contribution in [0.15, 0.2) is 22.7 Å². The van der Waals surface area contributed by atoms with Gasteiger partial charge in [-0.25, -0.2) is 0 Å². The van der Waals surface area contributed by atoms with Gasteiger partial charge in [0.1, 0.15) is 5.75 Å². The maximum absolute atomic E-state index is 10.9. The molecule has 4 nitrogen and oxygen atoms in total. The van der Waals surface area contributed by atoms with Crippen LogP contribution in [0.4, 0.5) is 0 Å². The number of amides is 1. The van der Waals surface area contributed by atoms with Crippen molar-refractivity contribution < 1.29 is 14.6 Å². The van der Waals surface area contributed by atoms with Gasteiger partial charge in [0.15, 0.2) is 6.10 Å². The third kappa shape index (κ3) is 3.21. The fraction of sp³-hybridized carbons (Fsp3) is 0.364. The maximum Gasteiger partial charge on any atom is 0.258 e. The lowest BCUT2D eigenvalue weighted by atomic mass is 10.1. The standard InChI is InChI=1S/C11H14BrNO3/c1-6(14)9-4-3-8(12)5-10(9)16-7(2)11(13)15/h3-7,14H,1-2H3,(H2,13,15). The number of hydrogen-bond donors (Lipinski definition) is 2. The molecule has 1 aromatic carbocycles. The summed E-state index contributed by atoms with van der Waals surface area (Å²) < 4.78 is 6.19. The molecule has 0 bridgehead atoms. The minimum atomic E-state index is -0.730. The van der Waals surface area contributed by atoms with E-state index in [1.54, 1.807) is 32.0 Å². The Morgan fingerprint density at radius 1 is 1.50 bits per heavy atom. The second-order valence-corrected chi connectivity index (χ2v) is 4.44. The molecule has 0 fully saturated rings. The summed E-state index contributed by atoms with van der Waals surface area (Å²) in [5, 5.41) is 9.54. The summed E-state index contributed by atoms with van der Waals surface area (Å²) in [7, 11) is 0. The molecular weight excluding hydrogens is 274 g/mol. The number of rotatable bonds is 4. The average Bonchev–Trinajstić information content (AvgIpc) is 2.16. The highest BCUT2D eigenvalue weighted by Crippen LogP contribution is 2.29. The van der Waals surface area contributed by atoms with Gasteiger partial charge in [-0.1, -0.05) is 22.0 Å². The van der Waals surface area contributed by atoms with Crippen LogP contribution in [0.3, 0.4) is 0 Å². The quantitative estimate of drug-likeness (QED) is 0.886. The zero-order valence-electron chi connectivity index (χ0n) is 9.11. The van der Waals surface area contributed by atoms with E-state index < -0.39 is 18.1 Å². The Balaban J connectivity index is 3.01. The molecule has 0 radical (unpaired) electrons. The fourth-order valence-electron chi connectivity index (χ4n) is 1.20. The number of ether oxygens (including phenoxy) is 1. The van der Waals surface area contributed by atoms with E-state index in [2.05, 4.69) is 15.9 Å². The maximum atomic E-state index is 10.9. The first-order valence-electron chi connectivity index (χ1n) is 4.85. The van der Waals surface area contributed by atoms with Crippen LogP contribution in [0.1, 0.15) is 25.5 Å². The molecule has 0 heterocycles. The van der Waals surface area contributed by atoms with E-state index in [-0.39, 0.29) is 0 Å². The van der Waals surface area contributed by atoms with Crippen molar-refractivity contribution in [2.24, 2.45) is 5.73 Å². The molecule has 0 aliphatic rings. The average molecular weight is 288 g/mol. The van der Waals surface area contributed by atoms with Gasteiger partial charge in [0.2, 0.25) is 0 Å². The Kier molecular flexibility index (Phi) is 4.32. The largest absolute Gasteiger partial charge is 0.480 e. The smallest absolute Gasteiger partial charge is 0.258 e. The van der Waals surface area contributed by atoms with Crippen molar-refractivity contribution in [3.63, 3.8) is 0 Å². The fourth-order valence-corrected chi connectivity index (χ4v) is 1.54. The third-order valence-corrected chi connectivity index (χ3v) is 2.62. The van der Waals surface area contributed by atoms with E-state index >= 15 is 0 Å². The van der Waals surface area contributed by atoms with Gasteiger partial charge in [-0.05, 0) is 26.0 Å². The minimum Gasteiger partial charge on any atom is -0.480 e. The predicted octanol–water partition coefficient (Wildman–Crippen LogP) is 1.75. The second kappa shape index (κ2) is 5.32. The second-order valence-electron chi connectivity index (χ2n) is 3.52. The lowest BCUT2D eigenvalue weighted by Crippen LogP contribution is -2.31. The molecule has 88 valence electrons. The van der Waals surface area contributed by atoms with Gasteiger partial charge < -0.3 is 15.6 Å². The Bertz CT molecular complexity index is 393. The summed E-state index contributed by atoms with van der Waals surface area (Å²) in [6.07, 6.45) is -1.39. The van der Waals surface area contributed by atoms with Gasteiger partial charge in [-0.3, -0.25) is 4.79 Å². The molecule has 5 heteroatoms. The van der Waals surface area contributed by atoms with Crippen molar-refractivity contribution >= 4 is 21.8 Å². The molecule has 1 amide bonds. The summed E-state index contributed by atoms with van der Waals surface area (Å²) in [6, 6.07) is 5.23. The molecule has 0 aromatic heterocycles. The van der Waals surface area contributed by atoms with Crippen molar-refractivity contribution in [3.05, 3.63) is 28.2 Å². The molecule has 16 heavy (non-hydrogen) atoms. The van der Waals surface area contributed by atoms with Crippen molar-refractivity contribution in [3.8, 4) is 5.75 Å². The van der Waals surface area contributed by atoms with Crippen LogP contribution >= 0.6 is 15.9 Å². The SMILES string of the molecule is CC(Oc1cc(Br)ccc1C(C)O)C(N)=O. The van der Waals surface area contributed by atoms with Crippen LogP contribution in [-0.4, -0.2) is 17.1 Å². The summed E-state index contributed by atoms with van der Waals surface area (Å²) in [6.45, 7) is 3.19. The minimum absolute atomic E-state index is 0.454. The Morgan fingerprint density at radius 3 is 2.62 bits per heavy atom. The number of aliphatic hydroxyl groups excluding tert-OH is 1. The zero-order valence-corrected chi connectivity index (χ0v) is 10.7. The Hall–Kier alpha value is -1.07. The lowest BCUT2D eigenvalue weighted by Gasteiger charge is -2.16. The van der Waals surface area contributed by atoms with Crippen LogP contribution in [-0.2, 0) is 4.79 Å². The number of hydrogen-bond acceptors (Lipinski definition) is 3. The molecule has 3 N–H and O–H groups in total. The van der Waals surface area contributed by atoms with Gasteiger partial charge >= 0.3 is 0 Å². The van der Waals surface area contributed by atoms with Crippen molar-refractivity contribution in [2.75, 3.05) is 0 Å². The zero-order chi connectivity index (χ0) is 12.3. The first kappa shape index (κ1) is 13.0. The lowest BCUT2D eigenvalue weighted by molar-refractivity contribution is -0.124. The van der Waals surface area contributed by atoms with Crippen molar-refractivity contribution in [1.29, 1.82) is 0 Å². The summed E-state index contributed by atoms with van der Waals surface area (Å²) in [5.41, 5.74) is 5.73. The molecule has 1 rings (SSSR count). The highest BCUT2D eigenvalue weighted by molar-refractivity contribution is 9.10. The topological polar surface area (TPSA) is 72.6 Å². The van der Waals surface area contributed by atoms with E-state index in [1.807, 2.05) is 0 Å². The molecule has 2 unspecified atom stereocenters. The molecule has 0 saturated carbocycles. The van der Waals surface area contributed by atoms with E-state index in [0.717, 1.165) is 4.47 Å². The van der Waals surface area contributed by atoms with Crippen LogP contribution in [0.25, 0.3) is 0 Å². The van der Waals surface area contributed by atoms with Crippen LogP contribution < -0.4 is 10.5 Å². The van der Waals surface area contributed by atoms with Gasteiger partial charge in [-0.15, -0.1) is 0 Å². The first-order valence-corrected chi connectivity index (χ1v) is 5.64. The number of nitrogens with two attached hydrogens (primary N) is 1. The highest BCUT2D eigenvalue weighted by atomic mass is 79.9. The molecule has 1 aromatic rings. The van der Waals surface area contributed by atoms with Gasteiger partial charge in [0, 0.05) is 10.0 Å². The van der Waals surface area contributed by atoms with Gasteiger partial charge in [0.05, 0.1) is 6.10 Å². The monoisotopic (exact) mass is 287 g/mol. The molecule has 0 spiro atoms. The van der Waals surface area contributed by atoms with E-state index in [1.165, 1.54) is 0 Å². The third-order valence-electron chi connectivity index (χ3n) is 2.13. The summed E-state index contributed by atoms with van der Waals surface area (Å²) in [4.78, 5) is 10.9. The van der Waals surface area contributed by atoms with Crippen molar-refractivity contribution in [1.82, 2.24) is 0 Å². The Labute approximate surface area is 103 Å². The number of aliphatic hydroxyl groups is 1. The van der Waals surface area contributed by atoms with Gasteiger partial charge in [0.25, 0.3) is 5.91 Å². The highest BCUT2D eigenvalue weighted by Gasteiger charge is 2.15. The number of carbonyl (C=O) groups is 1. The normalized spacial score (nSPS) is 14.2. The number of carbonyl (C=O) groups excluding carboxylic acids is 1. The number of halogens is 1. The van der Waals surface area contributed by atoms with Crippen molar-refractivity contribution in [2.45, 2.75) is 26.1 Å². The van der Waals surface area contributed by atoms with Gasteiger partial charge in [-0.2, -0.15) is 0 Å². The predicted molar refractivity (Wildman–Crippen MR) is 64.1 cm³/mol. The molecule has 2 atom stereocenters. The van der Waals surface area contributed by atoms with E-state index in [0.29, 0.717) is 11.3 Å². The first-order chi connectivity index (χ1) is 7.41. The van der Waals surface area contributed by atoms with Crippen LogP contribution in [0, 0.1) is 0 Å². The number of benzene rings is 1. The molecule has 0 aliphatic heterocycles.